The van der Waals surface area contributed by atoms with Gasteiger partial charge in [-0.15, -0.1) is 0 Å². The quantitative estimate of drug-likeness (QED) is 0.662. The smallest absolute Gasteiger partial charge is 0.131 e. The fraction of sp³-hybridized carbons (Fsp3) is 0.667. The van der Waals surface area contributed by atoms with E-state index in [1.165, 1.54) is 0 Å². The van der Waals surface area contributed by atoms with E-state index in [2.05, 4.69) is 22.9 Å². The Hall–Kier alpha value is -1.17. The van der Waals surface area contributed by atoms with Crippen LogP contribution < -0.4 is 10.6 Å². The van der Waals surface area contributed by atoms with E-state index in [1.54, 1.807) is 0 Å². The molecule has 0 aliphatic carbocycles. The van der Waals surface area contributed by atoms with Crippen molar-refractivity contribution in [3.63, 3.8) is 0 Å². The molecule has 0 aromatic carbocycles. The minimum atomic E-state index is 0.520. The first kappa shape index (κ1) is 16.9. The summed E-state index contributed by atoms with van der Waals surface area (Å²) in [6, 6.07) is 2.09. The molecule has 2 N–H and O–H groups in total. The summed E-state index contributed by atoms with van der Waals surface area (Å²) in [4.78, 5) is 6.75. The zero-order valence-electron chi connectivity index (χ0n) is 12.9. The number of nitrogens with two attached hydrogens (primary N) is 1. The van der Waals surface area contributed by atoms with E-state index < -0.39 is 0 Å². The predicted molar refractivity (Wildman–Crippen MR) is 82.1 cm³/mol. The molecule has 1 rings (SSSR count). The number of anilines is 1. The van der Waals surface area contributed by atoms with Crippen LogP contribution in [0.15, 0.2) is 12.3 Å². The van der Waals surface area contributed by atoms with Crippen molar-refractivity contribution < 1.29 is 9.47 Å². The molecule has 0 aliphatic heterocycles. The van der Waals surface area contributed by atoms with Crippen molar-refractivity contribution in [2.75, 3.05) is 44.4 Å². The second-order valence-electron chi connectivity index (χ2n) is 4.57. The van der Waals surface area contributed by atoms with Gasteiger partial charge in [0.05, 0.1) is 13.2 Å². The molecule has 1 heterocycles. The minimum Gasteiger partial charge on any atom is -0.380 e. The highest BCUT2D eigenvalue weighted by Crippen LogP contribution is 2.17. The number of rotatable bonds is 10. The first-order valence-electron chi connectivity index (χ1n) is 7.28. The van der Waals surface area contributed by atoms with Gasteiger partial charge in [-0.1, -0.05) is 0 Å². The SMILES string of the molecule is CCOCCN(CCOCC)c1ncc(CN)cc1C. The van der Waals surface area contributed by atoms with Gasteiger partial charge < -0.3 is 20.1 Å². The molecule has 0 radical (unpaired) electrons. The number of hydrogen-bond donors (Lipinski definition) is 1. The van der Waals surface area contributed by atoms with E-state index in [1.807, 2.05) is 20.0 Å². The van der Waals surface area contributed by atoms with Gasteiger partial charge in [0.25, 0.3) is 0 Å². The lowest BCUT2D eigenvalue weighted by Crippen LogP contribution is -2.32. The summed E-state index contributed by atoms with van der Waals surface area (Å²) in [5.41, 5.74) is 7.84. The molecule has 0 atom stereocenters. The number of aryl methyl sites for hydroxylation is 1. The molecule has 0 aliphatic rings. The molecule has 0 unspecified atom stereocenters. The van der Waals surface area contributed by atoms with Gasteiger partial charge in [-0.3, -0.25) is 0 Å². The maximum atomic E-state index is 5.65. The van der Waals surface area contributed by atoms with Gasteiger partial charge in [0.1, 0.15) is 5.82 Å². The van der Waals surface area contributed by atoms with Crippen LogP contribution in [0, 0.1) is 6.92 Å². The molecule has 0 bridgehead atoms. The van der Waals surface area contributed by atoms with Gasteiger partial charge in [0.15, 0.2) is 0 Å². The number of ether oxygens (including phenoxy) is 2. The number of hydrogen-bond acceptors (Lipinski definition) is 5. The number of nitrogens with zero attached hydrogens (tertiary/aromatic N) is 2. The second-order valence-corrected chi connectivity index (χ2v) is 4.57. The monoisotopic (exact) mass is 281 g/mol. The standard InChI is InChI=1S/C15H27N3O2/c1-4-19-8-6-18(7-9-20-5-2)15-13(3)10-14(11-16)12-17-15/h10,12H,4-9,11,16H2,1-3H3. The molecule has 114 valence electrons. The van der Waals surface area contributed by atoms with Crippen molar-refractivity contribution in [2.24, 2.45) is 5.73 Å². The third kappa shape index (κ3) is 5.45. The highest BCUT2D eigenvalue weighted by atomic mass is 16.5. The van der Waals surface area contributed by atoms with E-state index in [4.69, 9.17) is 15.2 Å². The topological polar surface area (TPSA) is 60.6 Å². The highest BCUT2D eigenvalue weighted by Gasteiger charge is 2.11. The van der Waals surface area contributed by atoms with Crippen LogP contribution >= 0.6 is 0 Å². The Morgan fingerprint density at radius 3 is 2.20 bits per heavy atom. The Kier molecular flexibility index (Phi) is 8.18. The summed E-state index contributed by atoms with van der Waals surface area (Å²) >= 11 is 0. The van der Waals surface area contributed by atoms with E-state index in [-0.39, 0.29) is 0 Å². The van der Waals surface area contributed by atoms with Crippen LogP contribution in [0.3, 0.4) is 0 Å². The molecule has 0 amide bonds. The van der Waals surface area contributed by atoms with Crippen molar-refractivity contribution in [2.45, 2.75) is 27.3 Å². The lowest BCUT2D eigenvalue weighted by Gasteiger charge is -2.25. The molecule has 0 saturated carbocycles. The number of pyridine rings is 1. The second kappa shape index (κ2) is 9.69. The van der Waals surface area contributed by atoms with Crippen LogP contribution in [0.5, 0.6) is 0 Å². The first-order valence-corrected chi connectivity index (χ1v) is 7.28. The van der Waals surface area contributed by atoms with Crippen LogP contribution in [0.2, 0.25) is 0 Å². The van der Waals surface area contributed by atoms with Crippen LogP contribution in [0.4, 0.5) is 5.82 Å². The minimum absolute atomic E-state index is 0.520. The van der Waals surface area contributed by atoms with Gasteiger partial charge in [0, 0.05) is 39.0 Å². The van der Waals surface area contributed by atoms with Gasteiger partial charge in [-0.25, -0.2) is 4.98 Å². The fourth-order valence-electron chi connectivity index (χ4n) is 2.03. The van der Waals surface area contributed by atoms with E-state index in [9.17, 15) is 0 Å². The summed E-state index contributed by atoms with van der Waals surface area (Å²) in [7, 11) is 0. The predicted octanol–water partition coefficient (Wildman–Crippen LogP) is 1.73. The van der Waals surface area contributed by atoms with E-state index in [0.717, 1.165) is 43.2 Å². The summed E-state index contributed by atoms with van der Waals surface area (Å²) < 4.78 is 10.9. The Morgan fingerprint density at radius 2 is 1.75 bits per heavy atom. The largest absolute Gasteiger partial charge is 0.380 e. The Bertz CT molecular complexity index is 375. The lowest BCUT2D eigenvalue weighted by atomic mass is 10.2. The summed E-state index contributed by atoms with van der Waals surface area (Å²) in [6.07, 6.45) is 1.84. The molecule has 1 aromatic rings. The van der Waals surface area contributed by atoms with Crippen LogP contribution in [0.25, 0.3) is 0 Å². The fourth-order valence-corrected chi connectivity index (χ4v) is 2.03. The highest BCUT2D eigenvalue weighted by molar-refractivity contribution is 5.47. The van der Waals surface area contributed by atoms with Crippen molar-refractivity contribution >= 4 is 5.82 Å². The van der Waals surface area contributed by atoms with Crippen molar-refractivity contribution in [1.29, 1.82) is 0 Å². The Balaban J connectivity index is 2.73. The van der Waals surface area contributed by atoms with Crippen LogP contribution in [-0.4, -0.2) is 44.5 Å². The van der Waals surface area contributed by atoms with Crippen LogP contribution in [0.1, 0.15) is 25.0 Å². The van der Waals surface area contributed by atoms with Crippen molar-refractivity contribution in [3.8, 4) is 0 Å². The summed E-state index contributed by atoms with van der Waals surface area (Å²) in [5, 5.41) is 0. The van der Waals surface area contributed by atoms with Crippen molar-refractivity contribution in [3.05, 3.63) is 23.4 Å². The third-order valence-corrected chi connectivity index (χ3v) is 3.06. The molecule has 20 heavy (non-hydrogen) atoms. The van der Waals surface area contributed by atoms with Crippen LogP contribution in [-0.2, 0) is 16.0 Å². The average Bonchev–Trinajstić information content (AvgIpc) is 2.46. The Labute approximate surface area is 122 Å². The molecular weight excluding hydrogens is 254 g/mol. The van der Waals surface area contributed by atoms with Gasteiger partial charge in [-0.05, 0) is 38.0 Å². The molecule has 0 fully saturated rings. The molecule has 5 nitrogen and oxygen atoms in total. The van der Waals surface area contributed by atoms with Gasteiger partial charge in [0.2, 0.25) is 0 Å². The third-order valence-electron chi connectivity index (χ3n) is 3.06. The Morgan fingerprint density at radius 1 is 1.15 bits per heavy atom. The summed E-state index contributed by atoms with van der Waals surface area (Å²) in [6.45, 7) is 11.1. The zero-order valence-corrected chi connectivity index (χ0v) is 12.9. The lowest BCUT2D eigenvalue weighted by molar-refractivity contribution is 0.141. The molecule has 0 spiro atoms. The van der Waals surface area contributed by atoms with E-state index in [0.29, 0.717) is 19.8 Å². The maximum Gasteiger partial charge on any atom is 0.131 e. The van der Waals surface area contributed by atoms with Gasteiger partial charge in [-0.2, -0.15) is 0 Å². The van der Waals surface area contributed by atoms with E-state index >= 15 is 0 Å². The molecule has 0 saturated heterocycles. The van der Waals surface area contributed by atoms with Crippen molar-refractivity contribution in [1.82, 2.24) is 4.98 Å². The average molecular weight is 281 g/mol. The number of aromatic nitrogens is 1. The molecule has 5 heteroatoms. The first-order chi connectivity index (χ1) is 9.72. The van der Waals surface area contributed by atoms with Gasteiger partial charge >= 0.3 is 0 Å². The maximum absolute atomic E-state index is 5.65. The molecule has 1 aromatic heterocycles. The summed E-state index contributed by atoms with van der Waals surface area (Å²) in [5.74, 6) is 0.988. The normalized spacial score (nSPS) is 10.8. The molecular formula is C15H27N3O2. The zero-order chi connectivity index (χ0) is 14.8.